The number of benzene rings is 2. The molecule has 10 rings (SSSR count). The number of methoxy groups -OCH3 is 6. The van der Waals surface area contributed by atoms with Crippen LogP contribution in [0.25, 0.3) is 22.4 Å². The number of imidazole rings is 2. The Hall–Kier alpha value is -7.53. The molecule has 364 valence electrons. The van der Waals surface area contributed by atoms with Crippen LogP contribution in [0.5, 0.6) is 34.5 Å². The van der Waals surface area contributed by atoms with E-state index >= 15 is 0 Å². The molecule has 0 aliphatic carbocycles. The van der Waals surface area contributed by atoms with Gasteiger partial charge < -0.3 is 68.6 Å². The van der Waals surface area contributed by atoms with Crippen LogP contribution in [0.1, 0.15) is 25.7 Å². The first-order valence-electron chi connectivity index (χ1n) is 22.0. The van der Waals surface area contributed by atoms with Crippen molar-refractivity contribution in [1.29, 1.82) is 0 Å². The Balaban J connectivity index is 0.000000165. The van der Waals surface area contributed by atoms with Crippen LogP contribution in [-0.2, 0) is 0 Å². The summed E-state index contributed by atoms with van der Waals surface area (Å²) in [6, 6.07) is 15.4. The van der Waals surface area contributed by atoms with E-state index in [9.17, 15) is 5.11 Å². The van der Waals surface area contributed by atoms with Crippen LogP contribution in [0.15, 0.2) is 86.0 Å². The maximum atomic E-state index is 9.74. The number of hydrogen-bond donors (Lipinski definition) is 5. The second-order valence-electron chi connectivity index (χ2n) is 15.7. The molecule has 2 fully saturated rings. The largest absolute Gasteiger partial charge is 0.493 e. The van der Waals surface area contributed by atoms with E-state index in [2.05, 4.69) is 46.0 Å². The number of ether oxygens (including phenoxy) is 6. The van der Waals surface area contributed by atoms with E-state index < -0.39 is 0 Å². The van der Waals surface area contributed by atoms with E-state index in [0.29, 0.717) is 76.4 Å². The molecule has 22 nitrogen and oxygen atoms in total. The minimum atomic E-state index is 0.0279. The van der Waals surface area contributed by atoms with Gasteiger partial charge >= 0.3 is 0 Å². The van der Waals surface area contributed by atoms with Crippen molar-refractivity contribution in [1.82, 2.24) is 53.6 Å². The average Bonchev–Trinajstić information content (AvgIpc) is 4.24. The summed E-state index contributed by atoms with van der Waals surface area (Å²) in [5, 5.41) is 36.8. The molecule has 2 aromatic carbocycles. The number of anilines is 5. The number of fused-ring (bicyclic) bond motifs is 2. The van der Waals surface area contributed by atoms with Crippen molar-refractivity contribution in [2.24, 2.45) is 0 Å². The molecule has 0 bridgehead atoms. The van der Waals surface area contributed by atoms with Crippen molar-refractivity contribution < 1.29 is 38.6 Å². The molecular formula is C46H55ClN14O8. The van der Waals surface area contributed by atoms with Gasteiger partial charge in [-0.2, -0.15) is 9.97 Å². The quantitative estimate of drug-likeness (QED) is 0.0828. The van der Waals surface area contributed by atoms with E-state index in [4.69, 9.17) is 50.1 Å². The van der Waals surface area contributed by atoms with Gasteiger partial charge in [-0.05, 0) is 68.1 Å². The topological polar surface area (TPSA) is 231 Å². The average molecular weight is 967 g/mol. The van der Waals surface area contributed by atoms with Gasteiger partial charge in [0.05, 0.1) is 85.7 Å². The third-order valence-corrected chi connectivity index (χ3v) is 11.7. The molecule has 5 N–H and O–H groups in total. The molecule has 2 aliphatic rings. The SMILES string of the molecule is COc1cc(-n2cnc(Nc3nc(Cl)nn4cccc34)c2)cc(OC)c1OC.COc1cc(-n2cnc(Nc3nc(N4CCC[C@@H]4CO)nn4cccc34)c2)cc(OC)c1OC.OC[C@H]1CCCN1. The lowest BCUT2D eigenvalue weighted by Crippen LogP contribution is -2.34. The van der Waals surface area contributed by atoms with Crippen molar-refractivity contribution in [3.63, 3.8) is 0 Å². The molecule has 6 aromatic heterocycles. The fraction of sp³-hybridized carbons (Fsp3) is 0.348. The van der Waals surface area contributed by atoms with Gasteiger partial charge in [0.1, 0.15) is 35.3 Å². The van der Waals surface area contributed by atoms with Gasteiger partial charge in [0.2, 0.25) is 22.7 Å². The summed E-state index contributed by atoms with van der Waals surface area (Å²) in [5.74, 6) is 6.24. The van der Waals surface area contributed by atoms with Gasteiger partial charge in [-0.25, -0.2) is 19.0 Å². The minimum absolute atomic E-state index is 0.0279. The van der Waals surface area contributed by atoms with Gasteiger partial charge in [-0.1, -0.05) is 0 Å². The van der Waals surface area contributed by atoms with Gasteiger partial charge in [0.15, 0.2) is 34.6 Å². The molecule has 2 saturated heterocycles. The molecule has 2 aliphatic heterocycles. The summed E-state index contributed by atoms with van der Waals surface area (Å²) >= 11 is 6.00. The smallest absolute Gasteiger partial charge is 0.245 e. The summed E-state index contributed by atoms with van der Waals surface area (Å²) in [4.78, 5) is 20.0. The number of hydrogen-bond acceptors (Lipinski definition) is 18. The second kappa shape index (κ2) is 22.1. The summed E-state index contributed by atoms with van der Waals surface area (Å²) in [6.07, 6.45) is 15.0. The summed E-state index contributed by atoms with van der Waals surface area (Å²) < 4.78 is 39.6. The van der Waals surface area contributed by atoms with E-state index in [1.165, 1.54) is 6.42 Å². The molecule has 0 saturated carbocycles. The Bertz CT molecular complexity index is 2920. The van der Waals surface area contributed by atoms with E-state index in [1.54, 1.807) is 70.5 Å². The van der Waals surface area contributed by atoms with Gasteiger partial charge in [-0.3, -0.25) is 0 Å². The molecular weight excluding hydrogens is 912 g/mol. The zero-order chi connectivity index (χ0) is 48.4. The van der Waals surface area contributed by atoms with Gasteiger partial charge in [-0.15, -0.1) is 10.2 Å². The van der Waals surface area contributed by atoms with E-state index in [-0.39, 0.29) is 17.9 Å². The third kappa shape index (κ3) is 10.6. The number of aliphatic hydroxyl groups is 2. The lowest BCUT2D eigenvalue weighted by atomic mass is 10.2. The van der Waals surface area contributed by atoms with E-state index in [1.807, 2.05) is 76.3 Å². The Morgan fingerprint density at radius 2 is 1.19 bits per heavy atom. The normalized spacial score (nSPS) is 15.3. The first-order valence-corrected chi connectivity index (χ1v) is 22.4. The standard InChI is InChI=1S/C23H27N7O4.C18H17ClN6O3.C5H11NO/c1-32-18-10-16(11-19(33-2)21(18)34-3)28-12-20(24-14-28)25-22-17-7-5-9-30(17)27-23(26-22)29-8-4-6-15(29)13-31;1-26-13-7-11(8-14(27-2)16(13)28-3)24-9-15(20-10-24)21-17-12-5-4-6-25(12)23-18(19)22-17;7-4-5-2-1-3-6-5/h5,7,9-12,14-15,31H,4,6,8,13H2,1-3H3,(H,25,26,27);4-10H,1-3H3,(H,21,22,23);5-7H,1-4H2/t15-;;5-/m1.1/s1. The monoisotopic (exact) mass is 966 g/mol. The van der Waals surface area contributed by atoms with Crippen molar-refractivity contribution >= 4 is 51.9 Å². The number of nitrogens with one attached hydrogen (secondary N) is 3. The van der Waals surface area contributed by atoms with Gasteiger partial charge in [0, 0.05) is 49.2 Å². The molecule has 0 amide bonds. The zero-order valence-electron chi connectivity index (χ0n) is 39.0. The molecule has 0 unspecified atom stereocenters. The van der Waals surface area contributed by atoms with Crippen LogP contribution in [0.4, 0.5) is 29.2 Å². The lowest BCUT2D eigenvalue weighted by molar-refractivity contribution is 0.255. The second-order valence-corrected chi connectivity index (χ2v) is 16.0. The predicted octanol–water partition coefficient (Wildman–Crippen LogP) is 5.71. The Morgan fingerprint density at radius 3 is 1.64 bits per heavy atom. The molecule has 8 heterocycles. The van der Waals surface area contributed by atoms with Crippen LogP contribution in [0, 0.1) is 0 Å². The van der Waals surface area contributed by atoms with Crippen LogP contribution < -0.4 is 49.3 Å². The van der Waals surface area contributed by atoms with E-state index in [0.717, 1.165) is 54.8 Å². The first kappa shape index (κ1) is 47.9. The molecule has 0 radical (unpaired) electrons. The summed E-state index contributed by atoms with van der Waals surface area (Å²) in [7, 11) is 9.45. The van der Waals surface area contributed by atoms with Crippen molar-refractivity contribution in [2.75, 3.05) is 84.5 Å². The molecule has 23 heteroatoms. The molecule has 8 aromatic rings. The third-order valence-electron chi connectivity index (χ3n) is 11.5. The molecule has 69 heavy (non-hydrogen) atoms. The number of nitrogens with zero attached hydrogens (tertiary/aromatic N) is 11. The highest BCUT2D eigenvalue weighted by Crippen LogP contribution is 2.41. The number of aliphatic hydroxyl groups excluding tert-OH is 2. The van der Waals surface area contributed by atoms with Crippen molar-refractivity contribution in [3.05, 3.63) is 91.3 Å². The van der Waals surface area contributed by atoms with Gasteiger partial charge in [0.25, 0.3) is 0 Å². The summed E-state index contributed by atoms with van der Waals surface area (Å²) in [5.41, 5.74) is 3.20. The number of aromatic nitrogens is 10. The first-order chi connectivity index (χ1) is 33.7. The lowest BCUT2D eigenvalue weighted by Gasteiger charge is -2.23. The predicted molar refractivity (Wildman–Crippen MR) is 260 cm³/mol. The van der Waals surface area contributed by atoms with Crippen LogP contribution in [0.3, 0.4) is 0 Å². The Kier molecular flexibility index (Phi) is 15.3. The highest BCUT2D eigenvalue weighted by Gasteiger charge is 2.27. The molecule has 2 atom stereocenters. The number of rotatable bonds is 15. The van der Waals surface area contributed by atoms with Crippen molar-refractivity contribution in [2.45, 2.75) is 37.8 Å². The maximum absolute atomic E-state index is 9.74. The zero-order valence-corrected chi connectivity index (χ0v) is 39.8. The Morgan fingerprint density at radius 1 is 0.667 bits per heavy atom. The van der Waals surface area contributed by atoms with Crippen LogP contribution in [-0.4, -0.2) is 140 Å². The highest BCUT2D eigenvalue weighted by molar-refractivity contribution is 6.28. The number of halogens is 1. The fourth-order valence-corrected chi connectivity index (χ4v) is 8.24. The van der Waals surface area contributed by atoms with Crippen molar-refractivity contribution in [3.8, 4) is 45.9 Å². The summed E-state index contributed by atoms with van der Waals surface area (Å²) in [6.45, 7) is 2.29. The minimum Gasteiger partial charge on any atom is -0.493 e. The molecule has 0 spiro atoms. The van der Waals surface area contributed by atoms with Crippen LogP contribution >= 0.6 is 11.6 Å². The Labute approximate surface area is 402 Å². The fourth-order valence-electron chi connectivity index (χ4n) is 8.07. The highest BCUT2D eigenvalue weighted by atomic mass is 35.5. The van der Waals surface area contributed by atoms with Crippen LogP contribution in [0.2, 0.25) is 5.28 Å². The maximum Gasteiger partial charge on any atom is 0.245 e.